The second kappa shape index (κ2) is 6.00. The minimum absolute atomic E-state index is 0.198. The molecule has 110 valence electrons. The monoisotopic (exact) mass is 296 g/mol. The third kappa shape index (κ3) is 2.90. The number of hydrogen-bond acceptors (Lipinski definition) is 6. The molecule has 1 aromatic carbocycles. The zero-order valence-corrected chi connectivity index (χ0v) is 11.4. The Kier molecular flexibility index (Phi) is 3.73. The molecule has 0 spiro atoms. The number of fused-ring (bicyclic) bond motifs is 1. The van der Waals surface area contributed by atoms with Gasteiger partial charge in [-0.05, 0) is 35.6 Å². The van der Waals surface area contributed by atoms with Crippen molar-refractivity contribution in [2.75, 3.05) is 10.7 Å². The van der Waals surface area contributed by atoms with E-state index in [2.05, 4.69) is 31.6 Å². The van der Waals surface area contributed by atoms with Crippen LogP contribution < -0.4 is 16.2 Å². The second-order valence-corrected chi connectivity index (χ2v) is 4.58. The van der Waals surface area contributed by atoms with Crippen molar-refractivity contribution >= 4 is 29.4 Å². The van der Waals surface area contributed by atoms with Crippen LogP contribution in [0.3, 0.4) is 0 Å². The number of hydrazine groups is 1. The standard InChI is InChI=1S/C14H12N6O2/c21-8-15-17-11-4-2-10(3-5-11)16-14(22)9-1-6-12-13(7-9)19-20-18-12/h1-6,8,17H,7H2,(H,15,21)(H,16,22). The summed E-state index contributed by atoms with van der Waals surface area (Å²) in [5, 5.41) is 14.1. The molecule has 0 radical (unpaired) electrons. The van der Waals surface area contributed by atoms with Gasteiger partial charge in [0.25, 0.3) is 5.91 Å². The van der Waals surface area contributed by atoms with Crippen molar-refractivity contribution in [3.8, 4) is 0 Å². The lowest BCUT2D eigenvalue weighted by Crippen LogP contribution is -2.19. The molecule has 1 aliphatic heterocycles. The van der Waals surface area contributed by atoms with Gasteiger partial charge in [-0.2, -0.15) is 0 Å². The van der Waals surface area contributed by atoms with E-state index in [9.17, 15) is 9.59 Å². The van der Waals surface area contributed by atoms with Crippen molar-refractivity contribution < 1.29 is 9.59 Å². The van der Waals surface area contributed by atoms with Gasteiger partial charge in [-0.25, -0.2) is 0 Å². The molecule has 0 aromatic heterocycles. The fraction of sp³-hybridized carbons (Fsp3) is 0.0714. The zero-order chi connectivity index (χ0) is 15.4. The Morgan fingerprint density at radius 2 is 1.91 bits per heavy atom. The Morgan fingerprint density at radius 1 is 1.14 bits per heavy atom. The molecule has 2 aliphatic rings. The summed E-state index contributed by atoms with van der Waals surface area (Å²) in [7, 11) is 0. The van der Waals surface area contributed by atoms with Gasteiger partial charge in [0.15, 0.2) is 0 Å². The molecule has 0 unspecified atom stereocenters. The molecule has 22 heavy (non-hydrogen) atoms. The quantitative estimate of drug-likeness (QED) is 0.569. The molecule has 1 aromatic rings. The van der Waals surface area contributed by atoms with Crippen LogP contribution in [0.5, 0.6) is 0 Å². The molecule has 2 amide bonds. The summed E-state index contributed by atoms with van der Waals surface area (Å²) in [5.74, 6) is -0.198. The topological polar surface area (TPSA) is 107 Å². The molecule has 8 nitrogen and oxygen atoms in total. The first-order valence-corrected chi connectivity index (χ1v) is 6.51. The molecular formula is C14H12N6O2. The first kappa shape index (κ1) is 13.7. The largest absolute Gasteiger partial charge is 0.322 e. The van der Waals surface area contributed by atoms with Crippen LogP contribution in [-0.4, -0.2) is 18.0 Å². The highest BCUT2D eigenvalue weighted by Gasteiger charge is 2.21. The predicted molar refractivity (Wildman–Crippen MR) is 81.0 cm³/mol. The lowest BCUT2D eigenvalue weighted by atomic mass is 10.0. The minimum atomic E-state index is -0.198. The van der Waals surface area contributed by atoms with Gasteiger partial charge >= 0.3 is 0 Å². The molecular weight excluding hydrogens is 284 g/mol. The molecule has 0 fully saturated rings. The van der Waals surface area contributed by atoms with Gasteiger partial charge in [-0.1, -0.05) is 6.08 Å². The normalized spacial score (nSPS) is 15.2. The summed E-state index contributed by atoms with van der Waals surface area (Å²) in [5.41, 5.74) is 8.37. The van der Waals surface area contributed by atoms with E-state index in [4.69, 9.17) is 0 Å². The maximum absolute atomic E-state index is 12.2. The second-order valence-electron chi connectivity index (χ2n) is 4.58. The number of allylic oxidation sites excluding steroid dienone is 3. The number of anilines is 2. The average molecular weight is 296 g/mol. The van der Waals surface area contributed by atoms with E-state index >= 15 is 0 Å². The highest BCUT2D eigenvalue weighted by Crippen LogP contribution is 2.23. The van der Waals surface area contributed by atoms with Gasteiger partial charge in [-0.3, -0.25) is 20.4 Å². The Hall–Kier alpha value is -3.29. The summed E-state index contributed by atoms with van der Waals surface area (Å²) >= 11 is 0. The van der Waals surface area contributed by atoms with Crippen molar-refractivity contribution in [2.45, 2.75) is 6.42 Å². The maximum atomic E-state index is 12.2. The minimum Gasteiger partial charge on any atom is -0.322 e. The lowest BCUT2D eigenvalue weighted by Gasteiger charge is -2.12. The van der Waals surface area contributed by atoms with Gasteiger partial charge in [0.05, 0.1) is 11.4 Å². The molecule has 0 saturated heterocycles. The van der Waals surface area contributed by atoms with E-state index in [-0.39, 0.29) is 5.91 Å². The van der Waals surface area contributed by atoms with Crippen molar-refractivity contribution in [3.05, 3.63) is 47.7 Å². The van der Waals surface area contributed by atoms with Crippen LogP contribution in [0.1, 0.15) is 6.42 Å². The molecule has 3 rings (SSSR count). The molecule has 8 heteroatoms. The van der Waals surface area contributed by atoms with Crippen LogP contribution in [0.25, 0.3) is 0 Å². The summed E-state index contributed by atoms with van der Waals surface area (Å²) in [6.07, 6.45) is 4.40. The number of nitrogens with one attached hydrogen (secondary N) is 3. The van der Waals surface area contributed by atoms with Crippen LogP contribution in [0.4, 0.5) is 11.4 Å². The zero-order valence-electron chi connectivity index (χ0n) is 11.4. The predicted octanol–water partition coefficient (Wildman–Crippen LogP) is 1.73. The van der Waals surface area contributed by atoms with E-state index < -0.39 is 0 Å². The third-order valence-electron chi connectivity index (χ3n) is 3.12. The summed E-state index contributed by atoms with van der Waals surface area (Å²) in [6.45, 7) is 0. The molecule has 0 atom stereocenters. The van der Waals surface area contributed by atoms with Crippen molar-refractivity contribution in [1.29, 1.82) is 0 Å². The maximum Gasteiger partial charge on any atom is 0.251 e. The average Bonchev–Trinajstić information content (AvgIpc) is 3.01. The van der Waals surface area contributed by atoms with E-state index in [1.54, 1.807) is 36.4 Å². The molecule has 1 aliphatic carbocycles. The summed E-state index contributed by atoms with van der Waals surface area (Å²) < 4.78 is 0. The Bertz CT molecular complexity index is 730. The molecule has 1 heterocycles. The van der Waals surface area contributed by atoms with Crippen LogP contribution in [0, 0.1) is 0 Å². The first-order chi connectivity index (χ1) is 10.8. The van der Waals surface area contributed by atoms with Gasteiger partial charge in [0, 0.05) is 17.7 Å². The molecule has 0 saturated carbocycles. The summed E-state index contributed by atoms with van der Waals surface area (Å²) in [4.78, 5) is 22.4. The number of nitrogens with zero attached hydrogens (tertiary/aromatic N) is 3. The Balaban J connectivity index is 1.64. The number of hydrogen-bond donors (Lipinski definition) is 3. The van der Waals surface area contributed by atoms with Crippen molar-refractivity contribution in [1.82, 2.24) is 5.43 Å². The SMILES string of the molecule is O=CNNc1ccc(NC(=O)C2=CC=C3N=NN=C3C2)cc1. The number of rotatable bonds is 5. The van der Waals surface area contributed by atoms with Gasteiger partial charge in [0.2, 0.25) is 6.41 Å². The van der Waals surface area contributed by atoms with E-state index in [0.717, 1.165) is 0 Å². The lowest BCUT2D eigenvalue weighted by molar-refractivity contribution is -0.113. The van der Waals surface area contributed by atoms with Crippen LogP contribution in [0.2, 0.25) is 0 Å². The van der Waals surface area contributed by atoms with E-state index in [0.29, 0.717) is 41.2 Å². The number of carbonyl (C=O) groups is 2. The number of amides is 2. The molecule has 0 bridgehead atoms. The highest BCUT2D eigenvalue weighted by atomic mass is 16.1. The molecule has 3 N–H and O–H groups in total. The highest BCUT2D eigenvalue weighted by molar-refractivity contribution is 6.13. The van der Waals surface area contributed by atoms with Crippen LogP contribution in [-0.2, 0) is 9.59 Å². The summed E-state index contributed by atoms with van der Waals surface area (Å²) in [6, 6.07) is 6.93. The van der Waals surface area contributed by atoms with Gasteiger partial charge < -0.3 is 5.32 Å². The number of benzene rings is 1. The van der Waals surface area contributed by atoms with Crippen LogP contribution in [0.15, 0.2) is 63.1 Å². The van der Waals surface area contributed by atoms with E-state index in [1.165, 1.54) is 0 Å². The fourth-order valence-corrected chi connectivity index (χ4v) is 2.02. The van der Waals surface area contributed by atoms with Crippen molar-refractivity contribution in [2.24, 2.45) is 15.4 Å². The van der Waals surface area contributed by atoms with Gasteiger partial charge in [0.1, 0.15) is 5.70 Å². The Morgan fingerprint density at radius 3 is 2.68 bits per heavy atom. The van der Waals surface area contributed by atoms with Gasteiger partial charge in [-0.15, -0.1) is 10.2 Å². The number of carbonyl (C=O) groups excluding carboxylic acids is 2. The van der Waals surface area contributed by atoms with Crippen molar-refractivity contribution in [3.63, 3.8) is 0 Å². The smallest absolute Gasteiger partial charge is 0.251 e. The Labute approximate surface area is 125 Å². The van der Waals surface area contributed by atoms with Crippen LogP contribution >= 0.6 is 0 Å². The fourth-order valence-electron chi connectivity index (χ4n) is 2.02. The third-order valence-corrected chi connectivity index (χ3v) is 3.12. The van der Waals surface area contributed by atoms with E-state index in [1.807, 2.05) is 0 Å². The first-order valence-electron chi connectivity index (χ1n) is 6.51.